The SMILES string of the molecule is Cc1cccc(N(CC(=O)N2CCN(c3ccc(F)cc3)CC2)S(C)(=O)=O)c1. The quantitative estimate of drug-likeness (QED) is 0.766. The van der Waals surface area contributed by atoms with Gasteiger partial charge < -0.3 is 9.80 Å². The maximum atomic E-state index is 13.1. The first-order valence-electron chi connectivity index (χ1n) is 9.07. The summed E-state index contributed by atoms with van der Waals surface area (Å²) < 4.78 is 38.7. The molecule has 0 spiro atoms. The molecule has 0 radical (unpaired) electrons. The normalized spacial score (nSPS) is 14.8. The maximum Gasteiger partial charge on any atom is 0.243 e. The molecular weight excluding hydrogens is 381 g/mol. The molecule has 6 nitrogen and oxygen atoms in total. The summed E-state index contributed by atoms with van der Waals surface area (Å²) in [5.41, 5.74) is 2.32. The minimum absolute atomic E-state index is 0.223. The molecule has 0 bridgehead atoms. The molecule has 1 aliphatic rings. The van der Waals surface area contributed by atoms with E-state index in [0.717, 1.165) is 21.8 Å². The lowest BCUT2D eigenvalue weighted by atomic mass is 10.2. The van der Waals surface area contributed by atoms with Crippen LogP contribution < -0.4 is 9.21 Å². The first-order chi connectivity index (χ1) is 13.2. The van der Waals surface area contributed by atoms with Crippen molar-refractivity contribution in [2.45, 2.75) is 6.92 Å². The summed E-state index contributed by atoms with van der Waals surface area (Å²) in [5, 5.41) is 0. The Morgan fingerprint density at radius 3 is 2.29 bits per heavy atom. The van der Waals surface area contributed by atoms with Crippen molar-refractivity contribution in [1.82, 2.24) is 4.90 Å². The van der Waals surface area contributed by atoms with E-state index < -0.39 is 10.0 Å². The number of rotatable bonds is 5. The van der Waals surface area contributed by atoms with Gasteiger partial charge in [0, 0.05) is 31.9 Å². The van der Waals surface area contributed by atoms with E-state index in [0.29, 0.717) is 31.9 Å². The lowest BCUT2D eigenvalue weighted by Gasteiger charge is -2.37. The summed E-state index contributed by atoms with van der Waals surface area (Å²) in [7, 11) is -3.59. The zero-order valence-electron chi connectivity index (χ0n) is 16.0. The second-order valence-corrected chi connectivity index (χ2v) is 8.86. The molecule has 2 aromatic rings. The topological polar surface area (TPSA) is 60.9 Å². The van der Waals surface area contributed by atoms with Crippen LogP contribution in [0, 0.1) is 12.7 Å². The van der Waals surface area contributed by atoms with Crippen LogP contribution in [0.5, 0.6) is 0 Å². The van der Waals surface area contributed by atoms with Gasteiger partial charge in [0.15, 0.2) is 0 Å². The van der Waals surface area contributed by atoms with E-state index in [1.165, 1.54) is 12.1 Å². The van der Waals surface area contributed by atoms with Crippen molar-refractivity contribution in [3.05, 3.63) is 59.9 Å². The number of carbonyl (C=O) groups is 1. The second kappa shape index (κ2) is 8.18. The van der Waals surface area contributed by atoms with Crippen LogP contribution in [0.1, 0.15) is 5.56 Å². The average molecular weight is 405 g/mol. The Morgan fingerprint density at radius 1 is 1.07 bits per heavy atom. The average Bonchev–Trinajstić information content (AvgIpc) is 2.66. The molecule has 0 unspecified atom stereocenters. The Kier molecular flexibility index (Phi) is 5.88. The smallest absolute Gasteiger partial charge is 0.243 e. The number of nitrogens with zero attached hydrogens (tertiary/aromatic N) is 3. The lowest BCUT2D eigenvalue weighted by Crippen LogP contribution is -2.52. The molecule has 0 saturated carbocycles. The molecular formula is C20H24FN3O3S. The third-order valence-electron chi connectivity index (χ3n) is 4.79. The van der Waals surface area contributed by atoms with E-state index >= 15 is 0 Å². The Hall–Kier alpha value is -2.61. The van der Waals surface area contributed by atoms with E-state index in [-0.39, 0.29) is 18.3 Å². The number of amides is 1. The van der Waals surface area contributed by atoms with Gasteiger partial charge in [0.05, 0.1) is 11.9 Å². The molecule has 2 aromatic carbocycles. The van der Waals surface area contributed by atoms with Crippen LogP contribution in [0.15, 0.2) is 48.5 Å². The van der Waals surface area contributed by atoms with Gasteiger partial charge in [-0.25, -0.2) is 12.8 Å². The van der Waals surface area contributed by atoms with E-state index in [2.05, 4.69) is 4.90 Å². The van der Waals surface area contributed by atoms with Gasteiger partial charge in [-0.2, -0.15) is 0 Å². The van der Waals surface area contributed by atoms with Crippen LogP contribution in [-0.2, 0) is 14.8 Å². The van der Waals surface area contributed by atoms with Crippen molar-refractivity contribution < 1.29 is 17.6 Å². The third-order valence-corrected chi connectivity index (χ3v) is 5.93. The number of carbonyl (C=O) groups excluding carboxylic acids is 1. The minimum atomic E-state index is -3.59. The highest BCUT2D eigenvalue weighted by molar-refractivity contribution is 7.92. The number of piperazine rings is 1. The van der Waals surface area contributed by atoms with Crippen molar-refractivity contribution in [2.75, 3.05) is 48.2 Å². The summed E-state index contributed by atoms with van der Waals surface area (Å²) in [6.45, 7) is 3.85. The fraction of sp³-hybridized carbons (Fsp3) is 0.350. The first-order valence-corrected chi connectivity index (χ1v) is 10.9. The number of halogens is 1. The zero-order chi connectivity index (χ0) is 20.3. The van der Waals surface area contributed by atoms with Gasteiger partial charge in [-0.1, -0.05) is 12.1 Å². The molecule has 3 rings (SSSR count). The number of sulfonamides is 1. The van der Waals surface area contributed by atoms with Gasteiger partial charge in [0.2, 0.25) is 15.9 Å². The number of hydrogen-bond donors (Lipinski definition) is 0. The van der Waals surface area contributed by atoms with E-state index in [1.807, 2.05) is 13.0 Å². The summed E-state index contributed by atoms with van der Waals surface area (Å²) in [4.78, 5) is 16.5. The molecule has 0 N–H and O–H groups in total. The first kappa shape index (κ1) is 20.1. The highest BCUT2D eigenvalue weighted by atomic mass is 32.2. The van der Waals surface area contributed by atoms with Gasteiger partial charge in [-0.3, -0.25) is 9.10 Å². The van der Waals surface area contributed by atoms with E-state index in [1.54, 1.807) is 35.2 Å². The molecule has 0 atom stereocenters. The molecule has 1 aliphatic heterocycles. The molecule has 150 valence electrons. The van der Waals surface area contributed by atoms with Crippen molar-refractivity contribution in [3.8, 4) is 0 Å². The zero-order valence-corrected chi connectivity index (χ0v) is 16.8. The summed E-state index contributed by atoms with van der Waals surface area (Å²) in [6.07, 6.45) is 1.11. The Morgan fingerprint density at radius 2 is 1.71 bits per heavy atom. The van der Waals surface area contributed by atoms with Crippen LogP contribution in [0.2, 0.25) is 0 Å². The predicted molar refractivity (Wildman–Crippen MR) is 109 cm³/mol. The van der Waals surface area contributed by atoms with Crippen molar-refractivity contribution in [2.24, 2.45) is 0 Å². The molecule has 0 aromatic heterocycles. The van der Waals surface area contributed by atoms with Crippen LogP contribution in [0.3, 0.4) is 0 Å². The number of anilines is 2. The fourth-order valence-corrected chi connectivity index (χ4v) is 4.11. The Labute approximate surface area is 165 Å². The number of aryl methyl sites for hydroxylation is 1. The Balaban J connectivity index is 1.66. The number of benzene rings is 2. The molecule has 0 aliphatic carbocycles. The molecule has 1 heterocycles. The van der Waals surface area contributed by atoms with Gasteiger partial charge >= 0.3 is 0 Å². The maximum absolute atomic E-state index is 13.1. The van der Waals surface area contributed by atoms with Crippen molar-refractivity contribution in [3.63, 3.8) is 0 Å². The minimum Gasteiger partial charge on any atom is -0.368 e. The molecule has 1 fully saturated rings. The number of hydrogen-bond acceptors (Lipinski definition) is 4. The van der Waals surface area contributed by atoms with Gasteiger partial charge in [0.1, 0.15) is 12.4 Å². The van der Waals surface area contributed by atoms with Crippen LogP contribution in [0.4, 0.5) is 15.8 Å². The monoisotopic (exact) mass is 405 g/mol. The van der Waals surface area contributed by atoms with Crippen molar-refractivity contribution >= 4 is 27.3 Å². The van der Waals surface area contributed by atoms with Gasteiger partial charge in [0.25, 0.3) is 0 Å². The highest BCUT2D eigenvalue weighted by Crippen LogP contribution is 2.20. The van der Waals surface area contributed by atoms with Gasteiger partial charge in [-0.15, -0.1) is 0 Å². The van der Waals surface area contributed by atoms with E-state index in [4.69, 9.17) is 0 Å². The van der Waals surface area contributed by atoms with Crippen LogP contribution in [-0.4, -0.2) is 58.2 Å². The predicted octanol–water partition coefficient (Wildman–Crippen LogP) is 2.25. The molecule has 1 saturated heterocycles. The standard InChI is InChI=1S/C20H24FN3O3S/c1-16-4-3-5-19(14-16)24(28(2,26)27)15-20(25)23-12-10-22(11-13-23)18-8-6-17(21)7-9-18/h3-9,14H,10-13,15H2,1-2H3. The Bertz CT molecular complexity index is 939. The van der Waals surface area contributed by atoms with E-state index in [9.17, 15) is 17.6 Å². The highest BCUT2D eigenvalue weighted by Gasteiger charge is 2.26. The lowest BCUT2D eigenvalue weighted by molar-refractivity contribution is -0.129. The van der Waals surface area contributed by atoms with Crippen LogP contribution in [0.25, 0.3) is 0 Å². The van der Waals surface area contributed by atoms with Crippen molar-refractivity contribution in [1.29, 1.82) is 0 Å². The van der Waals surface area contributed by atoms with Gasteiger partial charge in [-0.05, 0) is 48.9 Å². The summed E-state index contributed by atoms with van der Waals surface area (Å²) in [5.74, 6) is -0.514. The second-order valence-electron chi connectivity index (χ2n) is 6.95. The summed E-state index contributed by atoms with van der Waals surface area (Å²) >= 11 is 0. The molecule has 1 amide bonds. The fourth-order valence-electron chi connectivity index (χ4n) is 3.27. The summed E-state index contributed by atoms with van der Waals surface area (Å²) in [6, 6.07) is 13.4. The van der Waals surface area contributed by atoms with Crippen LogP contribution >= 0.6 is 0 Å². The molecule has 8 heteroatoms. The molecule has 28 heavy (non-hydrogen) atoms. The largest absolute Gasteiger partial charge is 0.368 e. The third kappa shape index (κ3) is 4.81.